The average Bonchev–Trinajstić information content (AvgIpc) is 2.98. The van der Waals surface area contributed by atoms with Crippen LogP contribution in [0.2, 0.25) is 0 Å². The molecule has 0 amide bonds. The Labute approximate surface area is 146 Å². The summed E-state index contributed by atoms with van der Waals surface area (Å²) >= 11 is 0. The van der Waals surface area contributed by atoms with Gasteiger partial charge in [-0.15, -0.1) is 0 Å². The van der Waals surface area contributed by atoms with Gasteiger partial charge in [0, 0.05) is 37.3 Å². The summed E-state index contributed by atoms with van der Waals surface area (Å²) in [4.78, 5) is 4.67. The van der Waals surface area contributed by atoms with Crippen molar-refractivity contribution >= 4 is 11.5 Å². The second kappa shape index (κ2) is 9.07. The molecule has 0 radical (unpaired) electrons. The average molecular weight is 329 g/mol. The monoisotopic (exact) mass is 328 g/mol. The van der Waals surface area contributed by atoms with Crippen LogP contribution in [0.25, 0.3) is 0 Å². The molecule has 0 spiro atoms. The third-order valence-corrected chi connectivity index (χ3v) is 5.30. The lowest BCUT2D eigenvalue weighted by Gasteiger charge is -2.24. The van der Waals surface area contributed by atoms with Crippen molar-refractivity contribution in [3.05, 3.63) is 29.8 Å². The summed E-state index contributed by atoms with van der Waals surface area (Å²) in [5.74, 6) is 1.23. The van der Waals surface area contributed by atoms with E-state index in [0.717, 1.165) is 31.6 Å². The van der Waals surface area contributed by atoms with Crippen molar-refractivity contribution in [2.24, 2.45) is 4.99 Å². The number of nitrogens with zero attached hydrogens (tertiary/aromatic N) is 1. The highest BCUT2D eigenvalue weighted by Crippen LogP contribution is 2.29. The Kier molecular flexibility index (Phi) is 6.53. The molecule has 2 aliphatic heterocycles. The number of nitrogen functional groups attached to an aromatic ring is 1. The van der Waals surface area contributed by atoms with Crippen molar-refractivity contribution in [3.8, 4) is 0 Å². The van der Waals surface area contributed by atoms with Gasteiger partial charge in [-0.2, -0.15) is 0 Å². The number of anilines is 1. The molecule has 1 fully saturated rings. The number of para-hydroxylation sites is 1. The van der Waals surface area contributed by atoms with Crippen LogP contribution in [0.5, 0.6) is 0 Å². The van der Waals surface area contributed by atoms with Crippen LogP contribution >= 0.6 is 0 Å². The summed E-state index contributed by atoms with van der Waals surface area (Å²) in [6.07, 6.45) is 11.2. The Morgan fingerprint density at radius 3 is 2.88 bits per heavy atom. The molecule has 2 aliphatic rings. The molecule has 1 saturated heterocycles. The van der Waals surface area contributed by atoms with Crippen molar-refractivity contribution in [2.75, 3.05) is 18.8 Å². The predicted octanol–water partition coefficient (Wildman–Crippen LogP) is 3.79. The van der Waals surface area contributed by atoms with E-state index in [2.05, 4.69) is 27.8 Å². The summed E-state index contributed by atoms with van der Waals surface area (Å²) in [7, 11) is 0. The number of nitrogens with one attached hydrogen (secondary N) is 2. The molecule has 4 N–H and O–H groups in total. The summed E-state index contributed by atoms with van der Waals surface area (Å²) in [6.45, 7) is 2.02. The first-order chi connectivity index (χ1) is 11.8. The van der Waals surface area contributed by atoms with Crippen LogP contribution in [0.15, 0.2) is 29.3 Å². The third kappa shape index (κ3) is 4.97. The standard InChI is InChI=1S/C20H32N4/c21-18-10-5-4-9-17(18)19-11-6-3-8-16(24-19)13-15-23-20-12-2-1-7-14-22-20/h4-5,9-10,16,19,24H,1-3,6-8,11-15,21H2,(H,22,23). The van der Waals surface area contributed by atoms with Crippen molar-refractivity contribution in [1.82, 2.24) is 10.6 Å². The van der Waals surface area contributed by atoms with Crippen LogP contribution < -0.4 is 16.4 Å². The number of hydrogen-bond donors (Lipinski definition) is 3. The van der Waals surface area contributed by atoms with Crippen LogP contribution in [-0.2, 0) is 0 Å². The van der Waals surface area contributed by atoms with Gasteiger partial charge in [-0.05, 0) is 43.7 Å². The molecule has 1 aromatic rings. The van der Waals surface area contributed by atoms with Gasteiger partial charge in [-0.25, -0.2) is 0 Å². The van der Waals surface area contributed by atoms with Crippen LogP contribution in [-0.4, -0.2) is 25.0 Å². The minimum Gasteiger partial charge on any atom is -0.398 e. The Morgan fingerprint density at radius 2 is 1.96 bits per heavy atom. The maximum Gasteiger partial charge on any atom is 0.0963 e. The van der Waals surface area contributed by atoms with Gasteiger partial charge < -0.3 is 16.4 Å². The Bertz CT molecular complexity index is 540. The number of amidine groups is 1. The molecule has 4 nitrogen and oxygen atoms in total. The topological polar surface area (TPSA) is 62.4 Å². The molecule has 2 unspecified atom stereocenters. The molecule has 2 atom stereocenters. The van der Waals surface area contributed by atoms with Gasteiger partial charge in [-0.3, -0.25) is 4.99 Å². The lowest BCUT2D eigenvalue weighted by Crippen LogP contribution is -2.35. The number of benzene rings is 1. The highest BCUT2D eigenvalue weighted by molar-refractivity contribution is 5.82. The third-order valence-electron chi connectivity index (χ3n) is 5.30. The minimum absolute atomic E-state index is 0.397. The van der Waals surface area contributed by atoms with E-state index in [9.17, 15) is 0 Å². The summed E-state index contributed by atoms with van der Waals surface area (Å²) in [5, 5.41) is 7.44. The molecule has 4 heteroatoms. The fourth-order valence-electron chi connectivity index (χ4n) is 3.90. The van der Waals surface area contributed by atoms with E-state index in [1.165, 1.54) is 56.3 Å². The van der Waals surface area contributed by atoms with Crippen LogP contribution in [0.4, 0.5) is 5.69 Å². The molecule has 0 saturated carbocycles. The van der Waals surface area contributed by atoms with E-state index in [1.807, 2.05) is 12.1 Å². The number of hydrogen-bond acceptors (Lipinski definition) is 4. The molecule has 1 aromatic carbocycles. The number of rotatable bonds is 4. The normalized spacial score (nSPS) is 25.4. The van der Waals surface area contributed by atoms with Gasteiger partial charge in [0.15, 0.2) is 0 Å². The quantitative estimate of drug-likeness (QED) is 0.737. The van der Waals surface area contributed by atoms with Crippen molar-refractivity contribution in [1.29, 1.82) is 0 Å². The summed E-state index contributed by atoms with van der Waals surface area (Å²) in [5.41, 5.74) is 8.38. The Balaban J connectivity index is 1.51. The molecule has 0 aliphatic carbocycles. The van der Waals surface area contributed by atoms with E-state index in [-0.39, 0.29) is 0 Å². The molecule has 24 heavy (non-hydrogen) atoms. The summed E-state index contributed by atoms with van der Waals surface area (Å²) in [6, 6.07) is 9.27. The SMILES string of the molecule is Nc1ccccc1C1CCCCC(CCNC2=NCCCCC2)N1. The first-order valence-corrected chi connectivity index (χ1v) is 9.70. The number of nitrogens with two attached hydrogens (primary N) is 1. The lowest BCUT2D eigenvalue weighted by atomic mass is 10.0. The van der Waals surface area contributed by atoms with Crippen molar-refractivity contribution < 1.29 is 0 Å². The molecule has 132 valence electrons. The summed E-state index contributed by atoms with van der Waals surface area (Å²) < 4.78 is 0. The van der Waals surface area contributed by atoms with Gasteiger partial charge in [0.25, 0.3) is 0 Å². The molecule has 0 aromatic heterocycles. The van der Waals surface area contributed by atoms with E-state index in [4.69, 9.17) is 5.73 Å². The van der Waals surface area contributed by atoms with E-state index in [1.54, 1.807) is 0 Å². The van der Waals surface area contributed by atoms with Gasteiger partial charge in [0.2, 0.25) is 0 Å². The van der Waals surface area contributed by atoms with Crippen LogP contribution in [0.3, 0.4) is 0 Å². The van der Waals surface area contributed by atoms with Gasteiger partial charge in [0.05, 0.1) is 5.84 Å². The maximum absolute atomic E-state index is 6.19. The van der Waals surface area contributed by atoms with E-state index in [0.29, 0.717) is 12.1 Å². The Morgan fingerprint density at radius 1 is 1.08 bits per heavy atom. The largest absolute Gasteiger partial charge is 0.398 e. The predicted molar refractivity (Wildman–Crippen MR) is 102 cm³/mol. The highest BCUT2D eigenvalue weighted by Gasteiger charge is 2.21. The smallest absolute Gasteiger partial charge is 0.0963 e. The van der Waals surface area contributed by atoms with Gasteiger partial charge in [-0.1, -0.05) is 37.5 Å². The van der Waals surface area contributed by atoms with Gasteiger partial charge in [0.1, 0.15) is 0 Å². The molecule has 0 bridgehead atoms. The second-order valence-electron chi connectivity index (χ2n) is 7.18. The highest BCUT2D eigenvalue weighted by atomic mass is 15.0. The molecule has 2 heterocycles. The van der Waals surface area contributed by atoms with Crippen LogP contribution in [0, 0.1) is 0 Å². The van der Waals surface area contributed by atoms with Crippen molar-refractivity contribution in [2.45, 2.75) is 69.9 Å². The van der Waals surface area contributed by atoms with Crippen molar-refractivity contribution in [3.63, 3.8) is 0 Å². The molecule has 3 rings (SSSR count). The maximum atomic E-state index is 6.19. The molecular formula is C20H32N4. The van der Waals surface area contributed by atoms with Crippen LogP contribution in [0.1, 0.15) is 69.4 Å². The molecular weight excluding hydrogens is 296 g/mol. The van der Waals surface area contributed by atoms with E-state index < -0.39 is 0 Å². The van der Waals surface area contributed by atoms with E-state index >= 15 is 0 Å². The fourth-order valence-corrected chi connectivity index (χ4v) is 3.90. The lowest BCUT2D eigenvalue weighted by molar-refractivity contribution is 0.418. The zero-order chi connectivity index (χ0) is 16.6. The number of aliphatic imine (C=N–C) groups is 1. The van der Waals surface area contributed by atoms with Gasteiger partial charge >= 0.3 is 0 Å². The zero-order valence-electron chi connectivity index (χ0n) is 14.8. The zero-order valence-corrected chi connectivity index (χ0v) is 14.8. The minimum atomic E-state index is 0.397. The fraction of sp³-hybridized carbons (Fsp3) is 0.650. The first kappa shape index (κ1) is 17.3. The first-order valence-electron chi connectivity index (χ1n) is 9.70. The Hall–Kier alpha value is -1.55. The second-order valence-corrected chi connectivity index (χ2v) is 7.18.